The fraction of sp³-hybridized carbons (Fsp3) is 0.882. The Balaban J connectivity index is 1.60. The van der Waals surface area contributed by atoms with Gasteiger partial charge in [-0.3, -0.25) is 9.59 Å². The number of carbonyl (C=O) groups is 2. The van der Waals surface area contributed by atoms with E-state index in [4.69, 9.17) is 4.74 Å². The van der Waals surface area contributed by atoms with Crippen molar-refractivity contribution < 1.29 is 14.3 Å². The van der Waals surface area contributed by atoms with E-state index in [1.54, 1.807) is 0 Å². The van der Waals surface area contributed by atoms with Gasteiger partial charge in [-0.15, -0.1) is 0 Å². The van der Waals surface area contributed by atoms with E-state index in [-0.39, 0.29) is 17.7 Å². The van der Waals surface area contributed by atoms with Gasteiger partial charge in [-0.2, -0.15) is 0 Å². The first kappa shape index (κ1) is 18.2. The van der Waals surface area contributed by atoms with Crippen LogP contribution in [0.15, 0.2) is 0 Å². The van der Waals surface area contributed by atoms with Crippen LogP contribution in [0.3, 0.4) is 0 Å². The van der Waals surface area contributed by atoms with Crippen LogP contribution in [0.1, 0.15) is 45.4 Å². The van der Waals surface area contributed by atoms with Gasteiger partial charge in [-0.05, 0) is 45.6 Å². The molecule has 1 atom stereocenters. The summed E-state index contributed by atoms with van der Waals surface area (Å²) >= 11 is 0. The molecule has 132 valence electrons. The van der Waals surface area contributed by atoms with Crippen molar-refractivity contribution in [3.05, 3.63) is 0 Å². The van der Waals surface area contributed by atoms with Gasteiger partial charge in [0.2, 0.25) is 11.8 Å². The second-order valence-corrected chi connectivity index (χ2v) is 6.49. The van der Waals surface area contributed by atoms with Crippen molar-refractivity contribution in [2.75, 3.05) is 39.4 Å². The molecular weight excluding hydrogens is 294 g/mol. The number of likely N-dealkylation sites (tertiary alicyclic amines) is 1. The van der Waals surface area contributed by atoms with Gasteiger partial charge < -0.3 is 20.3 Å². The Bertz CT molecular complexity index is 375. The van der Waals surface area contributed by atoms with Crippen LogP contribution in [0.25, 0.3) is 0 Å². The minimum atomic E-state index is 0.0516. The molecule has 0 aromatic carbocycles. The van der Waals surface area contributed by atoms with E-state index in [9.17, 15) is 9.59 Å². The highest BCUT2D eigenvalue weighted by Crippen LogP contribution is 2.19. The third kappa shape index (κ3) is 6.11. The molecule has 0 bridgehead atoms. The van der Waals surface area contributed by atoms with Crippen LogP contribution in [-0.4, -0.2) is 62.1 Å². The molecule has 2 rings (SSSR count). The summed E-state index contributed by atoms with van der Waals surface area (Å²) in [6.45, 7) is 6.51. The molecule has 2 heterocycles. The van der Waals surface area contributed by atoms with Gasteiger partial charge in [-0.25, -0.2) is 0 Å². The summed E-state index contributed by atoms with van der Waals surface area (Å²) < 4.78 is 5.26. The zero-order valence-corrected chi connectivity index (χ0v) is 14.3. The van der Waals surface area contributed by atoms with E-state index in [2.05, 4.69) is 10.6 Å². The van der Waals surface area contributed by atoms with Crippen LogP contribution in [0, 0.1) is 5.92 Å². The fourth-order valence-electron chi connectivity index (χ4n) is 3.34. The van der Waals surface area contributed by atoms with E-state index in [0.29, 0.717) is 38.7 Å². The highest BCUT2D eigenvalue weighted by atomic mass is 16.5. The lowest BCUT2D eigenvalue weighted by atomic mass is 9.95. The molecule has 2 saturated heterocycles. The lowest BCUT2D eigenvalue weighted by Gasteiger charge is -2.32. The number of piperidine rings is 1. The average Bonchev–Trinajstić information content (AvgIpc) is 3.07. The van der Waals surface area contributed by atoms with Crippen molar-refractivity contribution in [3.63, 3.8) is 0 Å². The van der Waals surface area contributed by atoms with Gasteiger partial charge in [0.05, 0.1) is 0 Å². The van der Waals surface area contributed by atoms with Crippen molar-refractivity contribution in [1.29, 1.82) is 0 Å². The van der Waals surface area contributed by atoms with E-state index in [1.807, 2.05) is 11.8 Å². The number of carbonyl (C=O) groups excluding carboxylic acids is 2. The minimum Gasteiger partial charge on any atom is -0.382 e. The molecular formula is C17H31N3O3. The molecule has 6 nitrogen and oxygen atoms in total. The third-order valence-corrected chi connectivity index (χ3v) is 4.77. The molecule has 2 fully saturated rings. The molecule has 0 radical (unpaired) electrons. The molecule has 23 heavy (non-hydrogen) atoms. The maximum absolute atomic E-state index is 12.3. The molecule has 6 heteroatoms. The van der Waals surface area contributed by atoms with Crippen molar-refractivity contribution in [2.24, 2.45) is 5.92 Å². The first-order chi connectivity index (χ1) is 11.2. The summed E-state index contributed by atoms with van der Waals surface area (Å²) in [4.78, 5) is 26.3. The summed E-state index contributed by atoms with van der Waals surface area (Å²) in [6, 6.07) is 0.355. The quantitative estimate of drug-likeness (QED) is 0.651. The number of nitrogens with zero attached hydrogens (tertiary/aromatic N) is 1. The van der Waals surface area contributed by atoms with Crippen molar-refractivity contribution in [3.8, 4) is 0 Å². The van der Waals surface area contributed by atoms with Crippen molar-refractivity contribution in [1.82, 2.24) is 15.5 Å². The van der Waals surface area contributed by atoms with Gasteiger partial charge in [0.15, 0.2) is 0 Å². The molecule has 0 saturated carbocycles. The van der Waals surface area contributed by atoms with Crippen LogP contribution < -0.4 is 10.6 Å². The standard InChI is InChI=1S/C17H31N3O3/c1-2-23-12-4-9-19-17(22)14-6-10-20(11-7-14)16(21)13-15-5-3-8-18-15/h14-15,18H,2-13H2,1H3,(H,19,22). The van der Waals surface area contributed by atoms with Crippen LogP contribution >= 0.6 is 0 Å². The van der Waals surface area contributed by atoms with Crippen molar-refractivity contribution >= 4 is 11.8 Å². The number of nitrogens with one attached hydrogen (secondary N) is 2. The van der Waals surface area contributed by atoms with Gasteiger partial charge in [0.25, 0.3) is 0 Å². The molecule has 2 amide bonds. The average molecular weight is 325 g/mol. The largest absolute Gasteiger partial charge is 0.382 e. The number of amides is 2. The Hall–Kier alpha value is -1.14. The zero-order chi connectivity index (χ0) is 16.5. The summed E-state index contributed by atoms with van der Waals surface area (Å²) in [5, 5.41) is 6.35. The van der Waals surface area contributed by atoms with Gasteiger partial charge in [0, 0.05) is 51.2 Å². The molecule has 0 spiro atoms. The summed E-state index contributed by atoms with van der Waals surface area (Å²) in [5.74, 6) is 0.418. The third-order valence-electron chi connectivity index (χ3n) is 4.77. The first-order valence-electron chi connectivity index (χ1n) is 9.07. The second kappa shape index (κ2) is 9.88. The molecule has 2 aliphatic rings. The van der Waals surface area contributed by atoms with Crippen LogP contribution in [0.2, 0.25) is 0 Å². The Morgan fingerprint density at radius 2 is 2.04 bits per heavy atom. The normalized spacial score (nSPS) is 22.3. The molecule has 0 aliphatic carbocycles. The first-order valence-corrected chi connectivity index (χ1v) is 9.07. The minimum absolute atomic E-state index is 0.0516. The lowest BCUT2D eigenvalue weighted by Crippen LogP contribution is -2.44. The van der Waals surface area contributed by atoms with Gasteiger partial charge in [-0.1, -0.05) is 0 Å². The summed E-state index contributed by atoms with van der Waals surface area (Å²) in [6.07, 6.45) is 5.29. The maximum Gasteiger partial charge on any atom is 0.224 e. The van der Waals surface area contributed by atoms with Crippen LogP contribution in [0.4, 0.5) is 0 Å². The summed E-state index contributed by atoms with van der Waals surface area (Å²) in [5.41, 5.74) is 0. The highest BCUT2D eigenvalue weighted by molar-refractivity contribution is 5.80. The van der Waals surface area contributed by atoms with Gasteiger partial charge in [0.1, 0.15) is 0 Å². The topological polar surface area (TPSA) is 70.7 Å². The predicted molar refractivity (Wildman–Crippen MR) is 89.1 cm³/mol. The molecule has 0 aromatic heterocycles. The van der Waals surface area contributed by atoms with E-state index in [1.165, 1.54) is 6.42 Å². The second-order valence-electron chi connectivity index (χ2n) is 6.49. The maximum atomic E-state index is 12.3. The number of hydrogen-bond donors (Lipinski definition) is 2. The van der Waals surface area contributed by atoms with E-state index < -0.39 is 0 Å². The van der Waals surface area contributed by atoms with Gasteiger partial charge >= 0.3 is 0 Å². The number of rotatable bonds is 8. The van der Waals surface area contributed by atoms with Crippen LogP contribution in [-0.2, 0) is 14.3 Å². The highest BCUT2D eigenvalue weighted by Gasteiger charge is 2.28. The molecule has 1 unspecified atom stereocenters. The number of ether oxygens (including phenoxy) is 1. The Labute approximate surface area is 139 Å². The Morgan fingerprint density at radius 3 is 2.70 bits per heavy atom. The smallest absolute Gasteiger partial charge is 0.224 e. The van der Waals surface area contributed by atoms with Crippen molar-refractivity contribution in [2.45, 2.75) is 51.5 Å². The molecule has 2 N–H and O–H groups in total. The van der Waals surface area contributed by atoms with Crippen LogP contribution in [0.5, 0.6) is 0 Å². The summed E-state index contributed by atoms with van der Waals surface area (Å²) in [7, 11) is 0. The SMILES string of the molecule is CCOCCCNC(=O)C1CCN(C(=O)CC2CCCN2)CC1. The lowest BCUT2D eigenvalue weighted by molar-refractivity contribution is -0.136. The Morgan fingerprint density at radius 1 is 1.26 bits per heavy atom. The zero-order valence-electron chi connectivity index (χ0n) is 14.3. The molecule has 0 aromatic rings. The Kier molecular flexibility index (Phi) is 7.82. The monoisotopic (exact) mass is 325 g/mol. The predicted octanol–water partition coefficient (Wildman–Crippen LogP) is 0.910. The van der Waals surface area contributed by atoms with E-state index in [0.717, 1.165) is 38.8 Å². The number of hydrogen-bond acceptors (Lipinski definition) is 4. The molecule has 2 aliphatic heterocycles. The van der Waals surface area contributed by atoms with E-state index >= 15 is 0 Å². The fourth-order valence-corrected chi connectivity index (χ4v) is 3.34.